The molecule has 2 atom stereocenters. The predicted octanol–water partition coefficient (Wildman–Crippen LogP) is 5.68. The quantitative estimate of drug-likeness (QED) is 0.275. The molecule has 0 heterocycles. The second-order valence-corrected chi connectivity index (χ2v) is 14.1. The molecule has 6 heteroatoms. The minimum atomic E-state index is -0.717. The first-order valence-electron chi connectivity index (χ1n) is 12.3. The van der Waals surface area contributed by atoms with Crippen LogP contribution in [-0.4, -0.2) is 56.3 Å². The maximum absolute atomic E-state index is 13.6. The van der Waals surface area contributed by atoms with E-state index in [0.717, 1.165) is 0 Å². The van der Waals surface area contributed by atoms with Crippen LogP contribution in [0.15, 0.2) is 0 Å². The van der Waals surface area contributed by atoms with Crippen molar-refractivity contribution in [1.29, 1.82) is 0 Å². The fraction of sp³-hybridized carbons (Fsp3) is 0.926. The Balaban J connectivity index is 6.21. The molecule has 0 aliphatic rings. The minimum Gasteiger partial charge on any atom is -0.464 e. The first kappa shape index (κ1) is 32.2. The summed E-state index contributed by atoms with van der Waals surface area (Å²) in [6.07, 6.45) is 1.37. The Labute approximate surface area is 210 Å². The number of rotatable bonds is 12. The number of amides is 1. The van der Waals surface area contributed by atoms with E-state index in [1.165, 1.54) is 0 Å². The van der Waals surface area contributed by atoms with E-state index >= 15 is 0 Å². The molecule has 0 aromatic carbocycles. The molecule has 0 aliphatic heterocycles. The second-order valence-electron chi connectivity index (χ2n) is 13.7. The third-order valence-electron chi connectivity index (χ3n) is 7.66. The van der Waals surface area contributed by atoms with Crippen molar-refractivity contribution in [3.63, 3.8) is 0 Å². The number of hydrogen-bond acceptors (Lipinski definition) is 5. The molecule has 0 radical (unpaired) electrons. The van der Waals surface area contributed by atoms with E-state index in [1.807, 2.05) is 19.0 Å². The summed E-state index contributed by atoms with van der Waals surface area (Å²) in [5, 5.41) is 3.04. The van der Waals surface area contributed by atoms with E-state index in [4.69, 9.17) is 4.74 Å². The molecule has 0 rings (SSSR count). The van der Waals surface area contributed by atoms with Gasteiger partial charge in [0, 0.05) is 24.8 Å². The zero-order chi connectivity index (χ0) is 26.5. The molecule has 0 aliphatic carbocycles. The SMILES string of the molecule is CN(C)CCOC(=O)C(C)(CC(C)(C)C)C(C)(C)C(C)(C)CC(C(=O)NCCS)C(C)(C)C. The molecule has 0 saturated carbocycles. The van der Waals surface area contributed by atoms with Gasteiger partial charge < -0.3 is 15.0 Å². The van der Waals surface area contributed by atoms with Gasteiger partial charge in [-0.25, -0.2) is 0 Å². The van der Waals surface area contributed by atoms with Crippen LogP contribution in [0.1, 0.15) is 89.0 Å². The van der Waals surface area contributed by atoms with Crippen molar-refractivity contribution in [3.05, 3.63) is 0 Å². The van der Waals surface area contributed by atoms with Crippen molar-refractivity contribution in [2.45, 2.75) is 89.0 Å². The predicted molar refractivity (Wildman–Crippen MR) is 144 cm³/mol. The normalized spacial score (nSPS) is 16.3. The largest absolute Gasteiger partial charge is 0.464 e. The highest BCUT2D eigenvalue weighted by Crippen LogP contribution is 2.59. The molecule has 33 heavy (non-hydrogen) atoms. The van der Waals surface area contributed by atoms with E-state index in [0.29, 0.717) is 38.3 Å². The number of carbonyl (C=O) groups is 2. The van der Waals surface area contributed by atoms with Gasteiger partial charge in [-0.3, -0.25) is 9.59 Å². The molecule has 0 saturated heterocycles. The Morgan fingerprint density at radius 2 is 1.45 bits per heavy atom. The molecule has 0 bridgehead atoms. The van der Waals surface area contributed by atoms with Crippen LogP contribution in [0.2, 0.25) is 0 Å². The lowest BCUT2D eigenvalue weighted by atomic mass is 9.49. The van der Waals surface area contributed by atoms with Crippen LogP contribution in [0.4, 0.5) is 0 Å². The van der Waals surface area contributed by atoms with Crippen LogP contribution >= 0.6 is 12.6 Å². The number of likely N-dealkylation sites (N-methyl/N-ethyl adjacent to an activating group) is 1. The van der Waals surface area contributed by atoms with Gasteiger partial charge in [-0.15, -0.1) is 0 Å². The summed E-state index contributed by atoms with van der Waals surface area (Å²) >= 11 is 4.24. The summed E-state index contributed by atoms with van der Waals surface area (Å²) < 4.78 is 5.85. The molecule has 5 nitrogen and oxygen atoms in total. The zero-order valence-corrected chi connectivity index (χ0v) is 24.8. The van der Waals surface area contributed by atoms with E-state index < -0.39 is 10.8 Å². The van der Waals surface area contributed by atoms with Crippen molar-refractivity contribution in [1.82, 2.24) is 10.2 Å². The lowest BCUT2D eigenvalue weighted by molar-refractivity contribution is -0.175. The number of hydrogen-bond donors (Lipinski definition) is 2. The smallest absolute Gasteiger partial charge is 0.312 e. The Kier molecular flexibility index (Phi) is 11.5. The summed E-state index contributed by atoms with van der Waals surface area (Å²) in [4.78, 5) is 28.8. The highest BCUT2D eigenvalue weighted by Gasteiger charge is 2.57. The second kappa shape index (κ2) is 11.8. The van der Waals surface area contributed by atoms with Gasteiger partial charge in [-0.1, -0.05) is 69.2 Å². The first-order chi connectivity index (χ1) is 14.6. The summed E-state index contributed by atoms with van der Waals surface area (Å²) in [6, 6.07) is 0. The molecule has 1 N–H and O–H groups in total. The van der Waals surface area contributed by atoms with E-state index in [2.05, 4.69) is 94.1 Å². The van der Waals surface area contributed by atoms with Gasteiger partial charge >= 0.3 is 5.97 Å². The fourth-order valence-electron chi connectivity index (χ4n) is 4.70. The Morgan fingerprint density at radius 3 is 1.85 bits per heavy atom. The van der Waals surface area contributed by atoms with Crippen LogP contribution in [0.5, 0.6) is 0 Å². The van der Waals surface area contributed by atoms with Crippen molar-refractivity contribution in [2.24, 2.45) is 33.0 Å². The summed E-state index contributed by atoms with van der Waals surface area (Å²) in [5.41, 5.74) is -1.73. The third kappa shape index (κ3) is 9.08. The van der Waals surface area contributed by atoms with Gasteiger partial charge in [0.15, 0.2) is 0 Å². The molecule has 2 unspecified atom stereocenters. The number of nitrogens with one attached hydrogen (secondary N) is 1. The van der Waals surface area contributed by atoms with E-state index in [1.54, 1.807) is 0 Å². The van der Waals surface area contributed by atoms with Gasteiger partial charge in [0.1, 0.15) is 6.61 Å². The minimum absolute atomic E-state index is 0.0595. The molecular formula is C27H54N2O3S. The topological polar surface area (TPSA) is 58.6 Å². The molecule has 0 aromatic heterocycles. The van der Waals surface area contributed by atoms with Gasteiger partial charge in [-0.2, -0.15) is 12.6 Å². The highest BCUT2D eigenvalue weighted by atomic mass is 32.1. The van der Waals surface area contributed by atoms with Crippen LogP contribution < -0.4 is 5.32 Å². The van der Waals surface area contributed by atoms with Gasteiger partial charge in [-0.05, 0) is 55.5 Å². The van der Waals surface area contributed by atoms with E-state index in [-0.39, 0.29) is 34.0 Å². The standard InChI is InChI=1S/C27H54N2O3S/c1-23(2,3)19-27(11,22(31)32-16-15-29(12)13)26(9,10)25(7,8)18-20(24(4,5)6)21(30)28-14-17-33/h20,33H,14-19H2,1-13H3,(H,28,30). The Bertz CT molecular complexity index is 645. The maximum atomic E-state index is 13.6. The third-order valence-corrected chi connectivity index (χ3v) is 7.89. The molecule has 1 amide bonds. The molecular weight excluding hydrogens is 432 g/mol. The average Bonchev–Trinajstić information content (AvgIpc) is 2.61. The van der Waals surface area contributed by atoms with Crippen molar-refractivity contribution in [2.75, 3.05) is 39.5 Å². The van der Waals surface area contributed by atoms with E-state index in [9.17, 15) is 9.59 Å². The van der Waals surface area contributed by atoms with Crippen molar-refractivity contribution >= 4 is 24.5 Å². The number of thiol groups is 1. The molecule has 196 valence electrons. The highest BCUT2D eigenvalue weighted by molar-refractivity contribution is 7.80. The Hall–Kier alpha value is -0.750. The number of carbonyl (C=O) groups excluding carboxylic acids is 2. The monoisotopic (exact) mass is 486 g/mol. The Morgan fingerprint density at radius 1 is 0.939 bits per heavy atom. The van der Waals surface area contributed by atoms with Crippen LogP contribution in [0, 0.1) is 33.0 Å². The number of nitrogens with zero attached hydrogens (tertiary/aromatic N) is 1. The lowest BCUT2D eigenvalue weighted by Gasteiger charge is -2.55. The van der Waals surface area contributed by atoms with Crippen molar-refractivity contribution in [3.8, 4) is 0 Å². The average molecular weight is 487 g/mol. The summed E-state index contributed by atoms with van der Waals surface area (Å²) in [7, 11) is 3.95. The first-order valence-corrected chi connectivity index (χ1v) is 13.0. The fourth-order valence-corrected chi connectivity index (χ4v) is 4.81. The lowest BCUT2D eigenvalue weighted by Crippen LogP contribution is -2.54. The number of ether oxygens (including phenoxy) is 1. The van der Waals surface area contributed by atoms with Gasteiger partial charge in [0.25, 0.3) is 0 Å². The van der Waals surface area contributed by atoms with Gasteiger partial charge in [0.05, 0.1) is 5.41 Å². The van der Waals surface area contributed by atoms with Crippen LogP contribution in [0.25, 0.3) is 0 Å². The van der Waals surface area contributed by atoms with Crippen LogP contribution in [-0.2, 0) is 14.3 Å². The number of esters is 1. The molecule has 0 aromatic rings. The van der Waals surface area contributed by atoms with Gasteiger partial charge in [0.2, 0.25) is 5.91 Å². The summed E-state index contributed by atoms with van der Waals surface area (Å²) in [5.74, 6) is 0.339. The maximum Gasteiger partial charge on any atom is 0.312 e. The van der Waals surface area contributed by atoms with Crippen molar-refractivity contribution < 1.29 is 14.3 Å². The molecule has 0 spiro atoms. The summed E-state index contributed by atoms with van der Waals surface area (Å²) in [6.45, 7) is 25.3. The zero-order valence-electron chi connectivity index (χ0n) is 23.9. The molecule has 0 fully saturated rings. The van der Waals surface area contributed by atoms with Crippen LogP contribution in [0.3, 0.4) is 0 Å².